The summed E-state index contributed by atoms with van der Waals surface area (Å²) in [7, 11) is 0. The van der Waals surface area contributed by atoms with Gasteiger partial charge in [-0.2, -0.15) is 0 Å². The van der Waals surface area contributed by atoms with E-state index < -0.39 is 0 Å². The number of rotatable bonds is 1. The lowest BCUT2D eigenvalue weighted by molar-refractivity contribution is 0.474. The van der Waals surface area contributed by atoms with Crippen molar-refractivity contribution in [3.63, 3.8) is 0 Å². The number of phenolic OH excluding ortho intramolecular Hbond substituents is 1. The van der Waals surface area contributed by atoms with Gasteiger partial charge < -0.3 is 5.11 Å². The van der Waals surface area contributed by atoms with Gasteiger partial charge in [0.15, 0.2) is 0 Å². The van der Waals surface area contributed by atoms with E-state index in [1.54, 1.807) is 18.2 Å². The summed E-state index contributed by atoms with van der Waals surface area (Å²) in [5, 5.41) is 9.85. The Hall–Kier alpha value is -0.470. The van der Waals surface area contributed by atoms with Gasteiger partial charge >= 0.3 is 0 Å². The normalized spacial score (nSPS) is 10.9. The van der Waals surface area contributed by atoms with Crippen molar-refractivity contribution in [3.8, 4) is 5.75 Å². The van der Waals surface area contributed by atoms with Crippen LogP contribution < -0.4 is 0 Å². The molecule has 0 saturated carbocycles. The lowest BCUT2D eigenvalue weighted by Gasteiger charge is -2.02. The number of aromatic hydroxyl groups is 1. The van der Waals surface area contributed by atoms with Crippen LogP contribution in [-0.4, -0.2) is 5.11 Å². The molecule has 0 atom stereocenters. The topological polar surface area (TPSA) is 20.2 Å². The smallest absolute Gasteiger partial charge is 0.142 e. The van der Waals surface area contributed by atoms with Crippen molar-refractivity contribution in [2.24, 2.45) is 0 Å². The molecule has 0 aromatic heterocycles. The van der Waals surface area contributed by atoms with Gasteiger partial charge in [0.25, 0.3) is 0 Å². The largest absolute Gasteiger partial charge is 0.506 e. The second kappa shape index (κ2) is 3.97. The first-order valence-corrected chi connectivity index (χ1v) is 4.63. The Labute approximate surface area is 84.8 Å². The average molecular weight is 248 g/mol. The Morgan fingerprint density at radius 3 is 2.75 bits per heavy atom. The highest BCUT2D eigenvalue weighted by atomic mass is 79.9. The zero-order chi connectivity index (χ0) is 9.14. The molecular weight excluding hydrogens is 239 g/mol. The van der Waals surface area contributed by atoms with E-state index >= 15 is 0 Å². The zero-order valence-corrected chi connectivity index (χ0v) is 8.85. The van der Waals surface area contributed by atoms with Crippen LogP contribution in [0.4, 0.5) is 0 Å². The van der Waals surface area contributed by atoms with Crippen LogP contribution in [0.2, 0.25) is 5.02 Å². The fraction of sp³-hybridized carbons (Fsp3) is 0.111. The number of hydrogen-bond acceptors (Lipinski definition) is 1. The molecule has 0 heterocycles. The third-order valence-electron chi connectivity index (χ3n) is 1.45. The fourth-order valence-corrected chi connectivity index (χ4v) is 1.36. The minimum atomic E-state index is 0.115. The van der Waals surface area contributed by atoms with Gasteiger partial charge in [-0.05, 0) is 28.9 Å². The van der Waals surface area contributed by atoms with Crippen molar-refractivity contribution in [2.45, 2.75) is 6.92 Å². The van der Waals surface area contributed by atoms with E-state index in [4.69, 9.17) is 11.6 Å². The third-order valence-corrected chi connectivity index (χ3v) is 2.72. The summed E-state index contributed by atoms with van der Waals surface area (Å²) in [5.74, 6) is 0.115. The molecule has 0 aliphatic heterocycles. The number of phenols is 1. The summed E-state index contributed by atoms with van der Waals surface area (Å²) >= 11 is 9.00. The van der Waals surface area contributed by atoms with E-state index in [9.17, 15) is 5.11 Å². The summed E-state index contributed by atoms with van der Waals surface area (Å²) < 4.78 is 0.704. The Kier molecular flexibility index (Phi) is 3.18. The first kappa shape index (κ1) is 9.62. The maximum Gasteiger partial charge on any atom is 0.142 e. The molecule has 0 fully saturated rings. The summed E-state index contributed by atoms with van der Waals surface area (Å²) in [6.45, 7) is 1.88. The summed E-state index contributed by atoms with van der Waals surface area (Å²) in [6.07, 6.45) is 3.65. The van der Waals surface area contributed by atoms with E-state index in [0.29, 0.717) is 9.50 Å². The third kappa shape index (κ3) is 1.82. The van der Waals surface area contributed by atoms with Crippen molar-refractivity contribution < 1.29 is 5.11 Å². The monoisotopic (exact) mass is 246 g/mol. The highest BCUT2D eigenvalue weighted by Gasteiger charge is 2.05. The lowest BCUT2D eigenvalue weighted by Crippen LogP contribution is -1.77. The molecule has 0 unspecified atom stereocenters. The number of benzene rings is 1. The first-order valence-electron chi connectivity index (χ1n) is 3.46. The highest BCUT2D eigenvalue weighted by molar-refractivity contribution is 9.10. The molecule has 3 heteroatoms. The second-order valence-electron chi connectivity index (χ2n) is 2.30. The van der Waals surface area contributed by atoms with E-state index in [0.717, 1.165) is 5.56 Å². The quantitative estimate of drug-likeness (QED) is 0.799. The first-order chi connectivity index (χ1) is 5.66. The number of halogens is 2. The average Bonchev–Trinajstić information content (AvgIpc) is 2.07. The van der Waals surface area contributed by atoms with Gasteiger partial charge in [0.05, 0.1) is 5.02 Å². The van der Waals surface area contributed by atoms with Gasteiger partial charge in [-0.15, -0.1) is 0 Å². The van der Waals surface area contributed by atoms with Crippen LogP contribution in [0.25, 0.3) is 6.08 Å². The molecule has 0 aliphatic rings. The van der Waals surface area contributed by atoms with Gasteiger partial charge in [-0.1, -0.05) is 29.8 Å². The molecular formula is C9H8BrClO. The van der Waals surface area contributed by atoms with Crippen LogP contribution in [0.5, 0.6) is 5.75 Å². The summed E-state index contributed by atoms with van der Waals surface area (Å²) in [5.41, 5.74) is 0.728. The van der Waals surface area contributed by atoms with Crippen LogP contribution in [0.3, 0.4) is 0 Å². The molecule has 0 aliphatic carbocycles. The van der Waals surface area contributed by atoms with Crippen LogP contribution >= 0.6 is 27.5 Å². The Bertz CT molecular complexity index is 321. The molecule has 1 nitrogen and oxygen atoms in total. The van der Waals surface area contributed by atoms with E-state index in [1.807, 2.05) is 13.0 Å². The van der Waals surface area contributed by atoms with E-state index in [1.165, 1.54) is 0 Å². The van der Waals surface area contributed by atoms with Crippen LogP contribution in [0.1, 0.15) is 12.5 Å². The zero-order valence-electron chi connectivity index (χ0n) is 6.51. The van der Waals surface area contributed by atoms with Gasteiger partial charge in [-0.25, -0.2) is 0 Å². The molecule has 0 bridgehead atoms. The Balaban J connectivity index is 3.26. The van der Waals surface area contributed by atoms with Crippen LogP contribution in [0, 0.1) is 0 Å². The second-order valence-corrected chi connectivity index (χ2v) is 3.53. The molecule has 64 valence electrons. The lowest BCUT2D eigenvalue weighted by atomic mass is 10.2. The van der Waals surface area contributed by atoms with Crippen molar-refractivity contribution in [3.05, 3.63) is 33.3 Å². The van der Waals surface area contributed by atoms with Crippen molar-refractivity contribution >= 4 is 33.6 Å². The molecule has 0 amide bonds. The highest BCUT2D eigenvalue weighted by Crippen LogP contribution is 2.34. The van der Waals surface area contributed by atoms with Gasteiger partial charge in [0.1, 0.15) is 5.75 Å². The van der Waals surface area contributed by atoms with E-state index in [2.05, 4.69) is 15.9 Å². The Morgan fingerprint density at radius 1 is 1.50 bits per heavy atom. The van der Waals surface area contributed by atoms with Crippen molar-refractivity contribution in [1.29, 1.82) is 0 Å². The van der Waals surface area contributed by atoms with E-state index in [-0.39, 0.29) is 5.75 Å². The minimum absolute atomic E-state index is 0.115. The molecule has 0 radical (unpaired) electrons. The molecule has 12 heavy (non-hydrogen) atoms. The Morgan fingerprint density at radius 2 is 2.17 bits per heavy atom. The summed E-state index contributed by atoms with van der Waals surface area (Å²) in [4.78, 5) is 0. The standard InChI is InChI=1S/C9H8BrClO/c1-2-3-6-4-5-7(10)8(11)9(6)12/h2-5,12H,1H3/b3-2+. The van der Waals surface area contributed by atoms with Crippen LogP contribution in [0.15, 0.2) is 22.7 Å². The molecule has 1 rings (SSSR count). The molecule has 1 N–H and O–H groups in total. The molecule has 0 spiro atoms. The predicted octanol–water partition coefficient (Wildman–Crippen LogP) is 3.84. The molecule has 1 aromatic rings. The fourth-order valence-electron chi connectivity index (χ4n) is 0.869. The molecule has 1 aromatic carbocycles. The predicted molar refractivity (Wildman–Crippen MR) is 55.5 cm³/mol. The van der Waals surface area contributed by atoms with Crippen molar-refractivity contribution in [1.82, 2.24) is 0 Å². The number of allylic oxidation sites excluding steroid dienone is 1. The van der Waals surface area contributed by atoms with Gasteiger partial charge in [0.2, 0.25) is 0 Å². The van der Waals surface area contributed by atoms with Crippen LogP contribution in [-0.2, 0) is 0 Å². The minimum Gasteiger partial charge on any atom is -0.506 e. The van der Waals surface area contributed by atoms with Crippen molar-refractivity contribution in [2.75, 3.05) is 0 Å². The van der Waals surface area contributed by atoms with Gasteiger partial charge in [0, 0.05) is 10.0 Å². The maximum absolute atomic E-state index is 9.50. The maximum atomic E-state index is 9.50. The number of hydrogen-bond donors (Lipinski definition) is 1. The summed E-state index contributed by atoms with van der Waals surface area (Å²) in [6, 6.07) is 3.60. The SMILES string of the molecule is C/C=C/c1ccc(Br)c(Cl)c1O. The molecule has 0 saturated heterocycles. The van der Waals surface area contributed by atoms with Gasteiger partial charge in [-0.3, -0.25) is 0 Å².